The molecule has 0 bridgehead atoms. The Hall–Kier alpha value is -3.00. The average molecular weight is 512 g/mol. The highest BCUT2D eigenvalue weighted by atomic mass is 79.9. The fourth-order valence-corrected chi connectivity index (χ4v) is 4.35. The number of aryl methyl sites for hydroxylation is 2. The number of piperazine rings is 1. The normalized spacial score (nSPS) is 13.8. The number of urea groups is 1. The fourth-order valence-electron chi connectivity index (χ4n) is 4.08. The highest BCUT2D eigenvalue weighted by Gasteiger charge is 2.25. The number of amides is 2. The number of nitrogens with one attached hydrogen (secondary N) is 1. The summed E-state index contributed by atoms with van der Waals surface area (Å²) in [5.74, 6) is 1.36. The molecule has 2 amide bonds. The lowest BCUT2D eigenvalue weighted by Crippen LogP contribution is -2.50. The number of carbonyl (C=O) groups is 1. The van der Waals surface area contributed by atoms with Crippen molar-refractivity contribution in [3.63, 3.8) is 0 Å². The van der Waals surface area contributed by atoms with Gasteiger partial charge in [0.05, 0.1) is 0 Å². The molecule has 8 heteroatoms. The predicted molar refractivity (Wildman–Crippen MR) is 132 cm³/mol. The molecule has 4 rings (SSSR count). The van der Waals surface area contributed by atoms with E-state index in [9.17, 15) is 9.18 Å². The topological polar surface area (TPSA) is 61.4 Å². The third kappa shape index (κ3) is 5.68. The number of aromatic nitrogens is 2. The molecule has 1 aliphatic heterocycles. The van der Waals surface area contributed by atoms with Gasteiger partial charge in [-0.05, 0) is 55.3 Å². The van der Waals surface area contributed by atoms with Crippen molar-refractivity contribution >= 4 is 33.5 Å². The molecule has 2 aromatic carbocycles. The van der Waals surface area contributed by atoms with E-state index in [0.717, 1.165) is 45.0 Å². The van der Waals surface area contributed by atoms with Gasteiger partial charge < -0.3 is 15.1 Å². The molecule has 33 heavy (non-hydrogen) atoms. The molecule has 1 N–H and O–H groups in total. The molecular weight excluding hydrogens is 485 g/mol. The minimum absolute atomic E-state index is 0.106. The van der Waals surface area contributed by atoms with Crippen molar-refractivity contribution in [1.82, 2.24) is 14.9 Å². The maximum atomic E-state index is 13.8. The SMILES string of the molecule is CCc1nc(C)nc(N2CCN(C(=O)Nc3ccc(Br)cc3)CC2)c1Cc1cccc(F)c1. The number of nitrogens with zero attached hydrogens (tertiary/aromatic N) is 4. The molecule has 1 fully saturated rings. The van der Waals surface area contributed by atoms with Gasteiger partial charge in [0.15, 0.2) is 0 Å². The van der Waals surface area contributed by atoms with Crippen molar-refractivity contribution in [3.05, 3.63) is 81.5 Å². The number of hydrogen-bond donors (Lipinski definition) is 1. The lowest BCUT2D eigenvalue weighted by atomic mass is 10.0. The zero-order chi connectivity index (χ0) is 23.4. The lowest BCUT2D eigenvalue weighted by Gasteiger charge is -2.36. The van der Waals surface area contributed by atoms with Crippen LogP contribution in [0.5, 0.6) is 0 Å². The van der Waals surface area contributed by atoms with Crippen LogP contribution in [0.3, 0.4) is 0 Å². The first-order valence-corrected chi connectivity index (χ1v) is 11.9. The fraction of sp³-hybridized carbons (Fsp3) is 0.320. The highest BCUT2D eigenvalue weighted by molar-refractivity contribution is 9.10. The van der Waals surface area contributed by atoms with E-state index in [1.807, 2.05) is 42.2 Å². The Bertz CT molecular complexity index is 1130. The predicted octanol–water partition coefficient (Wildman–Crippen LogP) is 5.19. The zero-order valence-electron chi connectivity index (χ0n) is 18.8. The Morgan fingerprint density at radius 2 is 1.82 bits per heavy atom. The molecule has 0 unspecified atom stereocenters. The largest absolute Gasteiger partial charge is 0.353 e. The highest BCUT2D eigenvalue weighted by Crippen LogP contribution is 2.26. The van der Waals surface area contributed by atoms with Gasteiger partial charge in [0, 0.05) is 54.0 Å². The second-order valence-corrected chi connectivity index (χ2v) is 9.01. The summed E-state index contributed by atoms with van der Waals surface area (Å²) in [5.41, 5.74) is 3.67. The van der Waals surface area contributed by atoms with Gasteiger partial charge in [0.2, 0.25) is 0 Å². The van der Waals surface area contributed by atoms with Crippen molar-refractivity contribution in [1.29, 1.82) is 0 Å². The molecule has 0 aliphatic carbocycles. The summed E-state index contributed by atoms with van der Waals surface area (Å²) in [7, 11) is 0. The van der Waals surface area contributed by atoms with Crippen LogP contribution in [0.1, 0.15) is 29.6 Å². The number of hydrogen-bond acceptors (Lipinski definition) is 4. The second kappa shape index (κ2) is 10.3. The van der Waals surface area contributed by atoms with Crippen molar-refractivity contribution in [2.45, 2.75) is 26.7 Å². The van der Waals surface area contributed by atoms with E-state index in [4.69, 9.17) is 4.98 Å². The molecule has 0 saturated carbocycles. The summed E-state index contributed by atoms with van der Waals surface area (Å²) in [6.07, 6.45) is 1.34. The van der Waals surface area contributed by atoms with Crippen LogP contribution in [0.4, 0.5) is 20.7 Å². The summed E-state index contributed by atoms with van der Waals surface area (Å²) in [4.78, 5) is 26.2. The molecule has 6 nitrogen and oxygen atoms in total. The molecule has 1 saturated heterocycles. The minimum atomic E-state index is -0.245. The third-order valence-electron chi connectivity index (χ3n) is 5.75. The van der Waals surface area contributed by atoms with Crippen molar-refractivity contribution in [2.75, 3.05) is 36.4 Å². The molecule has 2 heterocycles. The first-order valence-electron chi connectivity index (χ1n) is 11.1. The van der Waals surface area contributed by atoms with E-state index >= 15 is 0 Å². The van der Waals surface area contributed by atoms with Crippen LogP contribution in [0.25, 0.3) is 0 Å². The molecule has 0 spiro atoms. The summed E-state index contributed by atoms with van der Waals surface area (Å²) in [6, 6.07) is 14.1. The van der Waals surface area contributed by atoms with E-state index in [1.165, 1.54) is 6.07 Å². The standard InChI is InChI=1S/C25H27BrFN5O/c1-3-23-22(16-18-5-4-6-20(27)15-18)24(29-17(2)28-23)31-11-13-32(14-12-31)25(33)30-21-9-7-19(26)8-10-21/h4-10,15H,3,11-14,16H2,1-2H3,(H,30,33). The molecule has 3 aromatic rings. The monoisotopic (exact) mass is 511 g/mol. The molecule has 1 aromatic heterocycles. The van der Waals surface area contributed by atoms with Gasteiger partial charge in [0.1, 0.15) is 17.5 Å². The van der Waals surface area contributed by atoms with E-state index in [1.54, 1.807) is 12.1 Å². The first kappa shape index (κ1) is 23.2. The van der Waals surface area contributed by atoms with Gasteiger partial charge in [-0.3, -0.25) is 0 Å². The quantitative estimate of drug-likeness (QED) is 0.511. The Morgan fingerprint density at radius 1 is 1.09 bits per heavy atom. The number of carbonyl (C=O) groups excluding carboxylic acids is 1. The van der Waals surface area contributed by atoms with Crippen LogP contribution in [0, 0.1) is 12.7 Å². The molecule has 172 valence electrons. The Kier molecular flexibility index (Phi) is 7.23. The van der Waals surface area contributed by atoms with Crippen LogP contribution in [0.2, 0.25) is 0 Å². The van der Waals surface area contributed by atoms with Gasteiger partial charge >= 0.3 is 6.03 Å². The summed E-state index contributed by atoms with van der Waals surface area (Å²) in [6.45, 7) is 6.49. The Labute approximate surface area is 202 Å². The Balaban J connectivity index is 1.49. The number of benzene rings is 2. The van der Waals surface area contributed by atoms with Crippen molar-refractivity contribution in [3.8, 4) is 0 Å². The van der Waals surface area contributed by atoms with Crippen LogP contribution in [-0.4, -0.2) is 47.1 Å². The first-order chi connectivity index (χ1) is 15.9. The molecule has 1 aliphatic rings. The zero-order valence-corrected chi connectivity index (χ0v) is 20.4. The van der Waals surface area contributed by atoms with E-state index in [-0.39, 0.29) is 11.8 Å². The lowest BCUT2D eigenvalue weighted by molar-refractivity contribution is 0.208. The van der Waals surface area contributed by atoms with Crippen LogP contribution in [-0.2, 0) is 12.8 Å². The Morgan fingerprint density at radius 3 is 2.48 bits per heavy atom. The van der Waals surface area contributed by atoms with Gasteiger partial charge in [0.25, 0.3) is 0 Å². The molecule has 0 atom stereocenters. The maximum Gasteiger partial charge on any atom is 0.321 e. The van der Waals surface area contributed by atoms with Crippen LogP contribution < -0.4 is 10.2 Å². The maximum absolute atomic E-state index is 13.8. The minimum Gasteiger partial charge on any atom is -0.353 e. The smallest absolute Gasteiger partial charge is 0.321 e. The van der Waals surface area contributed by atoms with Gasteiger partial charge in [-0.1, -0.05) is 35.0 Å². The number of halogens is 2. The number of anilines is 2. The van der Waals surface area contributed by atoms with Gasteiger partial charge in [-0.25, -0.2) is 19.2 Å². The van der Waals surface area contributed by atoms with Crippen LogP contribution in [0.15, 0.2) is 53.0 Å². The van der Waals surface area contributed by atoms with E-state index < -0.39 is 0 Å². The van der Waals surface area contributed by atoms with E-state index in [0.29, 0.717) is 32.6 Å². The van der Waals surface area contributed by atoms with E-state index in [2.05, 4.69) is 38.1 Å². The summed E-state index contributed by atoms with van der Waals surface area (Å²) < 4.78 is 14.7. The van der Waals surface area contributed by atoms with Crippen molar-refractivity contribution < 1.29 is 9.18 Å². The second-order valence-electron chi connectivity index (χ2n) is 8.09. The average Bonchev–Trinajstić information content (AvgIpc) is 2.81. The number of rotatable bonds is 5. The third-order valence-corrected chi connectivity index (χ3v) is 6.28. The van der Waals surface area contributed by atoms with Crippen molar-refractivity contribution in [2.24, 2.45) is 0 Å². The summed E-state index contributed by atoms with van der Waals surface area (Å²) >= 11 is 3.40. The van der Waals surface area contributed by atoms with Gasteiger partial charge in [-0.15, -0.1) is 0 Å². The van der Waals surface area contributed by atoms with Crippen LogP contribution >= 0.6 is 15.9 Å². The summed E-state index contributed by atoms with van der Waals surface area (Å²) in [5, 5.41) is 2.96. The molecular formula is C25H27BrFN5O. The molecule has 0 radical (unpaired) electrons. The van der Waals surface area contributed by atoms with Gasteiger partial charge in [-0.2, -0.15) is 0 Å².